The topological polar surface area (TPSA) is 77.9 Å². The SMILES string of the molecule is CN1CCN(S(=O)(=O)c2ccc(Sc3ccc(Br)cc3)c(C(=O)O)c2)CC1. The minimum Gasteiger partial charge on any atom is -0.478 e. The van der Waals surface area contributed by atoms with E-state index < -0.39 is 16.0 Å². The standard InChI is InChI=1S/C18H19BrN2O4S2/c1-20-8-10-21(11-9-20)27(24,25)15-6-7-17(16(12-15)18(22)23)26-14-4-2-13(19)3-5-14/h2-7,12H,8-11H2,1H3,(H,22,23). The van der Waals surface area contributed by atoms with Gasteiger partial charge >= 0.3 is 5.97 Å². The molecule has 1 aliphatic heterocycles. The zero-order valence-corrected chi connectivity index (χ0v) is 17.8. The van der Waals surface area contributed by atoms with Crippen molar-refractivity contribution < 1.29 is 18.3 Å². The average molecular weight is 471 g/mol. The van der Waals surface area contributed by atoms with E-state index >= 15 is 0 Å². The zero-order valence-electron chi connectivity index (χ0n) is 14.6. The van der Waals surface area contributed by atoms with Crippen LogP contribution in [0.1, 0.15) is 10.4 Å². The van der Waals surface area contributed by atoms with Crippen molar-refractivity contribution >= 4 is 43.7 Å². The Kier molecular flexibility index (Phi) is 6.27. The maximum absolute atomic E-state index is 12.9. The first-order valence-electron chi connectivity index (χ1n) is 8.27. The second-order valence-electron chi connectivity index (χ2n) is 6.23. The molecule has 2 aromatic rings. The van der Waals surface area contributed by atoms with Crippen molar-refractivity contribution in [3.8, 4) is 0 Å². The Hall–Kier alpha value is -1.39. The lowest BCUT2D eigenvalue weighted by Gasteiger charge is -2.31. The summed E-state index contributed by atoms with van der Waals surface area (Å²) in [5.74, 6) is -1.15. The lowest BCUT2D eigenvalue weighted by atomic mass is 10.2. The van der Waals surface area contributed by atoms with Crippen molar-refractivity contribution in [1.29, 1.82) is 0 Å². The average Bonchev–Trinajstić information content (AvgIpc) is 2.64. The Morgan fingerprint density at radius 2 is 1.70 bits per heavy atom. The van der Waals surface area contributed by atoms with Crippen molar-refractivity contribution in [2.24, 2.45) is 0 Å². The lowest BCUT2D eigenvalue weighted by Crippen LogP contribution is -2.47. The predicted octanol–water partition coefficient (Wildman–Crippen LogP) is 3.23. The molecule has 1 heterocycles. The minimum absolute atomic E-state index is 0.0156. The number of hydrogen-bond acceptors (Lipinski definition) is 5. The largest absolute Gasteiger partial charge is 0.478 e. The van der Waals surface area contributed by atoms with E-state index in [1.54, 1.807) is 6.07 Å². The molecule has 144 valence electrons. The maximum atomic E-state index is 12.9. The fraction of sp³-hybridized carbons (Fsp3) is 0.278. The normalized spacial score (nSPS) is 16.4. The Morgan fingerprint density at radius 1 is 1.07 bits per heavy atom. The molecular formula is C18H19BrN2O4S2. The van der Waals surface area contributed by atoms with Crippen molar-refractivity contribution in [2.45, 2.75) is 14.7 Å². The fourth-order valence-corrected chi connectivity index (χ4v) is 5.36. The van der Waals surface area contributed by atoms with Gasteiger partial charge in [0.1, 0.15) is 0 Å². The van der Waals surface area contributed by atoms with Crippen LogP contribution < -0.4 is 0 Å². The van der Waals surface area contributed by atoms with Crippen LogP contribution in [0, 0.1) is 0 Å². The number of carboxylic acid groups (broad SMARTS) is 1. The lowest BCUT2D eigenvalue weighted by molar-refractivity contribution is 0.0693. The van der Waals surface area contributed by atoms with E-state index in [0.29, 0.717) is 31.1 Å². The van der Waals surface area contributed by atoms with Gasteiger partial charge in [-0.15, -0.1) is 0 Å². The van der Waals surface area contributed by atoms with Gasteiger partial charge in [0, 0.05) is 40.4 Å². The molecule has 0 unspecified atom stereocenters. The molecule has 0 saturated carbocycles. The highest BCUT2D eigenvalue weighted by atomic mass is 79.9. The highest BCUT2D eigenvalue weighted by Crippen LogP contribution is 2.33. The molecule has 9 heteroatoms. The van der Waals surface area contributed by atoms with E-state index in [1.165, 1.54) is 28.2 Å². The molecule has 0 spiro atoms. The summed E-state index contributed by atoms with van der Waals surface area (Å²) in [5.41, 5.74) is -0.0156. The number of nitrogens with zero attached hydrogens (tertiary/aromatic N) is 2. The van der Waals surface area contributed by atoms with Crippen molar-refractivity contribution in [3.63, 3.8) is 0 Å². The second-order valence-corrected chi connectivity index (χ2v) is 10.2. The summed E-state index contributed by atoms with van der Waals surface area (Å²) in [6.45, 7) is 2.11. The van der Waals surface area contributed by atoms with Gasteiger partial charge in [-0.05, 0) is 49.5 Å². The number of carbonyl (C=O) groups is 1. The minimum atomic E-state index is -3.71. The molecule has 1 aliphatic rings. The summed E-state index contributed by atoms with van der Waals surface area (Å²) < 4.78 is 28.1. The third-order valence-corrected chi connectivity index (χ3v) is 7.83. The molecule has 0 bridgehead atoms. The third-order valence-electron chi connectivity index (χ3n) is 4.32. The van der Waals surface area contributed by atoms with Gasteiger partial charge in [0.2, 0.25) is 10.0 Å². The van der Waals surface area contributed by atoms with Crippen LogP contribution in [0.5, 0.6) is 0 Å². The smallest absolute Gasteiger partial charge is 0.336 e. The van der Waals surface area contributed by atoms with Crippen molar-refractivity contribution in [2.75, 3.05) is 33.2 Å². The van der Waals surface area contributed by atoms with Gasteiger partial charge in [-0.1, -0.05) is 27.7 Å². The van der Waals surface area contributed by atoms with Crippen LogP contribution in [0.4, 0.5) is 0 Å². The summed E-state index contributed by atoms with van der Waals surface area (Å²) >= 11 is 4.65. The zero-order chi connectivity index (χ0) is 19.6. The van der Waals surface area contributed by atoms with Crippen LogP contribution in [0.25, 0.3) is 0 Å². The number of hydrogen-bond donors (Lipinski definition) is 1. The van der Waals surface area contributed by atoms with Crippen LogP contribution in [-0.2, 0) is 10.0 Å². The first-order valence-corrected chi connectivity index (χ1v) is 11.3. The van der Waals surface area contributed by atoms with E-state index in [2.05, 4.69) is 20.8 Å². The van der Waals surface area contributed by atoms with Gasteiger partial charge in [0.25, 0.3) is 0 Å². The van der Waals surface area contributed by atoms with Gasteiger partial charge in [-0.3, -0.25) is 0 Å². The highest BCUT2D eigenvalue weighted by molar-refractivity contribution is 9.10. The predicted molar refractivity (Wildman–Crippen MR) is 108 cm³/mol. The van der Waals surface area contributed by atoms with Crippen LogP contribution in [-0.4, -0.2) is 61.9 Å². The Morgan fingerprint density at radius 3 is 2.30 bits per heavy atom. The molecule has 1 N–H and O–H groups in total. The number of likely N-dealkylation sites (N-methyl/N-ethyl adjacent to an activating group) is 1. The van der Waals surface area contributed by atoms with Crippen LogP contribution in [0.2, 0.25) is 0 Å². The Bertz CT molecular complexity index is 940. The van der Waals surface area contributed by atoms with Gasteiger partial charge in [-0.25, -0.2) is 13.2 Å². The molecule has 2 aromatic carbocycles. The quantitative estimate of drug-likeness (QED) is 0.722. The van der Waals surface area contributed by atoms with Gasteiger partial charge < -0.3 is 10.0 Å². The van der Waals surface area contributed by atoms with Gasteiger partial charge in [0.05, 0.1) is 10.5 Å². The van der Waals surface area contributed by atoms with E-state index in [0.717, 1.165) is 9.37 Å². The number of sulfonamides is 1. The first kappa shape index (κ1) is 20.3. The van der Waals surface area contributed by atoms with E-state index in [4.69, 9.17) is 0 Å². The highest BCUT2D eigenvalue weighted by Gasteiger charge is 2.28. The molecule has 0 aliphatic carbocycles. The summed E-state index contributed by atoms with van der Waals surface area (Å²) in [6, 6.07) is 11.8. The van der Waals surface area contributed by atoms with Crippen LogP contribution in [0.3, 0.4) is 0 Å². The molecule has 0 radical (unpaired) electrons. The van der Waals surface area contributed by atoms with Crippen LogP contribution in [0.15, 0.2) is 61.6 Å². The number of piperazine rings is 1. The fourth-order valence-electron chi connectivity index (χ4n) is 2.73. The van der Waals surface area contributed by atoms with Gasteiger partial charge in [0.15, 0.2) is 0 Å². The number of aromatic carboxylic acids is 1. The summed E-state index contributed by atoms with van der Waals surface area (Å²) in [4.78, 5) is 15.2. The van der Waals surface area contributed by atoms with Gasteiger partial charge in [-0.2, -0.15) is 4.31 Å². The van der Waals surface area contributed by atoms with Crippen molar-refractivity contribution in [3.05, 3.63) is 52.5 Å². The Labute approximate surface area is 171 Å². The number of rotatable bonds is 5. The molecule has 3 rings (SSSR count). The van der Waals surface area contributed by atoms with Crippen molar-refractivity contribution in [1.82, 2.24) is 9.21 Å². The molecular weight excluding hydrogens is 452 g/mol. The summed E-state index contributed by atoms with van der Waals surface area (Å²) in [5, 5.41) is 9.59. The van der Waals surface area contributed by atoms with Crippen LogP contribution >= 0.6 is 27.7 Å². The molecule has 1 fully saturated rings. The monoisotopic (exact) mass is 470 g/mol. The summed E-state index contributed by atoms with van der Waals surface area (Å²) in [7, 11) is -1.76. The maximum Gasteiger partial charge on any atom is 0.336 e. The van der Waals surface area contributed by atoms with E-state index in [-0.39, 0.29) is 10.5 Å². The van der Waals surface area contributed by atoms with E-state index in [9.17, 15) is 18.3 Å². The number of benzene rings is 2. The van der Waals surface area contributed by atoms with E-state index in [1.807, 2.05) is 31.3 Å². The molecule has 27 heavy (non-hydrogen) atoms. The third kappa shape index (κ3) is 4.72. The number of carboxylic acids is 1. The number of halogens is 1. The second kappa shape index (κ2) is 8.32. The molecule has 0 aromatic heterocycles. The summed E-state index contributed by atoms with van der Waals surface area (Å²) in [6.07, 6.45) is 0. The molecule has 0 amide bonds. The molecule has 1 saturated heterocycles. The first-order chi connectivity index (χ1) is 12.8. The Balaban J connectivity index is 1.91. The molecule has 0 atom stereocenters. The molecule has 6 nitrogen and oxygen atoms in total.